The second-order valence-corrected chi connectivity index (χ2v) is 8.73. The summed E-state index contributed by atoms with van der Waals surface area (Å²) in [5.41, 5.74) is 5.46. The van der Waals surface area contributed by atoms with Gasteiger partial charge in [-0.2, -0.15) is 0 Å². The van der Waals surface area contributed by atoms with Crippen molar-refractivity contribution in [1.82, 2.24) is 4.47 Å². The molecule has 0 heterocycles. The number of sulfonamides is 2. The molecule has 2 rings (SSSR count). The van der Waals surface area contributed by atoms with Crippen LogP contribution in [0.4, 0.5) is 5.69 Å². The Hall–Kier alpha value is -2.47. The quantitative estimate of drug-likeness (QED) is 0.660. The van der Waals surface area contributed by atoms with E-state index in [-0.39, 0.29) is 21.0 Å². The fraction of sp³-hybridized carbons (Fsp3) is 0.133. The first-order chi connectivity index (χ1) is 12.1. The number of amides is 1. The highest BCUT2D eigenvalue weighted by atomic mass is 32.2. The van der Waals surface area contributed by atoms with Crippen molar-refractivity contribution >= 4 is 31.6 Å². The van der Waals surface area contributed by atoms with Crippen molar-refractivity contribution < 1.29 is 26.5 Å². The summed E-state index contributed by atoms with van der Waals surface area (Å²) >= 11 is 0. The van der Waals surface area contributed by atoms with E-state index in [0.29, 0.717) is 4.47 Å². The van der Waals surface area contributed by atoms with E-state index in [1.807, 2.05) is 0 Å². The molecule has 0 atom stereocenters. The molecule has 0 bridgehead atoms. The van der Waals surface area contributed by atoms with Crippen LogP contribution in [0.15, 0.2) is 58.3 Å². The Kier molecular flexibility index (Phi) is 5.66. The maximum Gasteiger partial charge on any atom is 0.264 e. The summed E-state index contributed by atoms with van der Waals surface area (Å²) in [7, 11) is -5.29. The molecule has 26 heavy (non-hydrogen) atoms. The van der Waals surface area contributed by atoms with Gasteiger partial charge in [0.05, 0.1) is 16.9 Å². The molecule has 9 nitrogen and oxygen atoms in total. The number of hydrogen-bond donors (Lipinski definition) is 2. The molecule has 2 aromatic carbocycles. The van der Waals surface area contributed by atoms with Crippen LogP contribution in [0.3, 0.4) is 0 Å². The van der Waals surface area contributed by atoms with Gasteiger partial charge in [0.1, 0.15) is 0 Å². The van der Waals surface area contributed by atoms with E-state index in [4.69, 9.17) is 5.73 Å². The smallest absolute Gasteiger partial charge is 0.264 e. The molecule has 3 N–H and O–H groups in total. The lowest BCUT2D eigenvalue weighted by atomic mass is 10.2. The minimum atomic E-state index is -3.91. The van der Waals surface area contributed by atoms with Gasteiger partial charge in [-0.25, -0.2) is 16.8 Å². The third-order valence-corrected chi connectivity index (χ3v) is 6.54. The van der Waals surface area contributed by atoms with E-state index in [2.05, 4.69) is 9.56 Å². The number of primary amides is 1. The molecule has 0 aliphatic carbocycles. The van der Waals surface area contributed by atoms with Crippen molar-refractivity contribution in [2.75, 3.05) is 18.9 Å². The summed E-state index contributed by atoms with van der Waals surface area (Å²) in [5, 5.41) is 0. The third kappa shape index (κ3) is 4.19. The molecule has 0 radical (unpaired) electrons. The molecular formula is C15H17N3O6S2. The molecule has 1 amide bonds. The molecule has 140 valence electrons. The highest BCUT2D eigenvalue weighted by molar-refractivity contribution is 7.92. The van der Waals surface area contributed by atoms with Crippen molar-refractivity contribution in [3.05, 3.63) is 54.1 Å². The minimum absolute atomic E-state index is 0.0596. The number of rotatable bonds is 7. The molecule has 0 aliphatic heterocycles. The second-order valence-electron chi connectivity index (χ2n) is 5.12. The number of nitrogens with zero attached hydrogens (tertiary/aromatic N) is 1. The maximum absolute atomic E-state index is 12.3. The summed E-state index contributed by atoms with van der Waals surface area (Å²) in [4.78, 5) is 15.6. The minimum Gasteiger partial charge on any atom is -0.366 e. The normalized spacial score (nSPS) is 12.1. The Bertz CT molecular complexity index is 1000. The molecule has 0 spiro atoms. The fourth-order valence-corrected chi connectivity index (χ4v) is 3.99. The number of hydrogen-bond acceptors (Lipinski definition) is 6. The van der Waals surface area contributed by atoms with E-state index in [1.165, 1.54) is 62.7 Å². The lowest BCUT2D eigenvalue weighted by Gasteiger charge is -2.14. The monoisotopic (exact) mass is 399 g/mol. The van der Waals surface area contributed by atoms with Crippen molar-refractivity contribution in [1.29, 1.82) is 0 Å². The molecule has 0 aromatic heterocycles. The SMILES string of the molecule is CON(C)S(=O)(=O)c1ccc(NS(=O)(=O)c2ccc(C(N)=O)cc2)cc1. The molecule has 2 aromatic rings. The zero-order valence-electron chi connectivity index (χ0n) is 13.9. The van der Waals surface area contributed by atoms with Gasteiger partial charge in [-0.15, -0.1) is 0 Å². The molecule has 0 saturated carbocycles. The van der Waals surface area contributed by atoms with E-state index in [9.17, 15) is 21.6 Å². The van der Waals surface area contributed by atoms with Crippen LogP contribution < -0.4 is 10.5 Å². The first-order valence-corrected chi connectivity index (χ1v) is 10.1. The highest BCUT2D eigenvalue weighted by Gasteiger charge is 2.21. The van der Waals surface area contributed by atoms with Gasteiger partial charge >= 0.3 is 0 Å². The highest BCUT2D eigenvalue weighted by Crippen LogP contribution is 2.20. The van der Waals surface area contributed by atoms with Crippen LogP contribution in [-0.4, -0.2) is 41.4 Å². The predicted molar refractivity (Wildman–Crippen MR) is 94.2 cm³/mol. The van der Waals surface area contributed by atoms with Crippen molar-refractivity contribution in [2.24, 2.45) is 5.73 Å². The van der Waals surface area contributed by atoms with E-state index in [1.54, 1.807) is 0 Å². The summed E-state index contributed by atoms with van der Waals surface area (Å²) in [6.07, 6.45) is 0. The van der Waals surface area contributed by atoms with Crippen LogP contribution in [0.1, 0.15) is 10.4 Å². The van der Waals surface area contributed by atoms with Gasteiger partial charge in [0.15, 0.2) is 0 Å². The Labute approximate surface area is 151 Å². The van der Waals surface area contributed by atoms with Crippen LogP contribution in [0, 0.1) is 0 Å². The lowest BCUT2D eigenvalue weighted by molar-refractivity contribution is -0.0258. The molecule has 0 saturated heterocycles. The van der Waals surface area contributed by atoms with Gasteiger partial charge in [0.25, 0.3) is 20.0 Å². The van der Waals surface area contributed by atoms with E-state index < -0.39 is 26.0 Å². The number of anilines is 1. The summed E-state index contributed by atoms with van der Waals surface area (Å²) in [6.45, 7) is 0. The summed E-state index contributed by atoms with van der Waals surface area (Å²) in [5.74, 6) is -0.667. The summed E-state index contributed by atoms with van der Waals surface area (Å²) in [6, 6.07) is 10.2. The number of nitrogens with one attached hydrogen (secondary N) is 1. The Balaban J connectivity index is 2.24. The van der Waals surface area contributed by atoms with Crippen LogP contribution in [0.5, 0.6) is 0 Å². The van der Waals surface area contributed by atoms with E-state index in [0.717, 1.165) is 0 Å². The van der Waals surface area contributed by atoms with Crippen molar-refractivity contribution in [3.63, 3.8) is 0 Å². The van der Waals surface area contributed by atoms with Gasteiger partial charge in [0, 0.05) is 18.3 Å². The average Bonchev–Trinajstić information content (AvgIpc) is 2.61. The maximum atomic E-state index is 12.3. The molecular weight excluding hydrogens is 382 g/mol. The second kappa shape index (κ2) is 7.41. The van der Waals surface area contributed by atoms with Gasteiger partial charge in [-0.1, -0.05) is 4.47 Å². The van der Waals surface area contributed by atoms with Gasteiger partial charge in [-0.3, -0.25) is 14.4 Å². The number of nitrogens with two attached hydrogens (primary N) is 1. The van der Waals surface area contributed by atoms with Crippen LogP contribution in [0.2, 0.25) is 0 Å². The number of carbonyl (C=O) groups excluding carboxylic acids is 1. The van der Waals surface area contributed by atoms with Crippen LogP contribution in [0.25, 0.3) is 0 Å². The molecule has 0 unspecified atom stereocenters. The fourth-order valence-electron chi connectivity index (χ4n) is 1.95. The van der Waals surface area contributed by atoms with Crippen LogP contribution in [-0.2, 0) is 24.9 Å². The predicted octanol–water partition coefficient (Wildman–Crippen LogP) is 0.768. The Morgan fingerprint density at radius 2 is 1.46 bits per heavy atom. The number of carbonyl (C=O) groups is 1. The Morgan fingerprint density at radius 1 is 0.962 bits per heavy atom. The number of benzene rings is 2. The Morgan fingerprint density at radius 3 is 1.92 bits per heavy atom. The topological polar surface area (TPSA) is 136 Å². The first kappa shape index (κ1) is 19.8. The van der Waals surface area contributed by atoms with E-state index >= 15 is 0 Å². The van der Waals surface area contributed by atoms with Crippen molar-refractivity contribution in [2.45, 2.75) is 9.79 Å². The first-order valence-electron chi connectivity index (χ1n) is 7.14. The summed E-state index contributed by atoms with van der Waals surface area (Å²) < 4.78 is 51.9. The number of hydroxylamine groups is 1. The lowest BCUT2D eigenvalue weighted by Crippen LogP contribution is -2.25. The molecule has 11 heteroatoms. The molecule has 0 fully saturated rings. The molecule has 0 aliphatic rings. The average molecular weight is 399 g/mol. The van der Waals surface area contributed by atoms with Gasteiger partial charge in [0.2, 0.25) is 5.91 Å². The standard InChI is InChI=1S/C15H17N3O6S2/c1-18(24-2)26(22,23)14-9-5-12(6-10-14)17-25(20,21)13-7-3-11(4-8-13)15(16)19/h3-10,17H,1-2H3,(H2,16,19). The van der Waals surface area contributed by atoms with Crippen LogP contribution >= 0.6 is 0 Å². The largest absolute Gasteiger partial charge is 0.366 e. The van der Waals surface area contributed by atoms with Gasteiger partial charge < -0.3 is 5.73 Å². The third-order valence-electron chi connectivity index (χ3n) is 3.45. The zero-order valence-corrected chi connectivity index (χ0v) is 15.5. The van der Waals surface area contributed by atoms with Crippen molar-refractivity contribution in [3.8, 4) is 0 Å². The van der Waals surface area contributed by atoms with Gasteiger partial charge in [-0.05, 0) is 48.5 Å². The zero-order chi connectivity index (χ0) is 19.5.